The maximum absolute atomic E-state index is 14.4. The fraction of sp³-hybridized carbons (Fsp3) is 0.294. The highest BCUT2D eigenvalue weighted by Crippen LogP contribution is 2.36. The summed E-state index contributed by atoms with van der Waals surface area (Å²) in [6.45, 7) is 3.71. The summed E-state index contributed by atoms with van der Waals surface area (Å²) in [4.78, 5) is 44.0. The predicted molar refractivity (Wildman–Crippen MR) is 168 cm³/mol. The smallest absolute Gasteiger partial charge is 0.251 e. The number of carbonyl (C=O) groups excluding carboxylic acids is 3. The normalized spacial score (nSPS) is 15.1. The first-order valence-electron chi connectivity index (χ1n) is 14.7. The fourth-order valence-corrected chi connectivity index (χ4v) is 5.37. The van der Waals surface area contributed by atoms with Crippen molar-refractivity contribution in [2.45, 2.75) is 39.3 Å². The molecule has 1 N–H and O–H groups in total. The minimum atomic E-state index is -1.07. The molecule has 2 heterocycles. The average Bonchev–Trinajstić information content (AvgIpc) is 3.39. The summed E-state index contributed by atoms with van der Waals surface area (Å²) in [5.74, 6) is -1.38. The van der Waals surface area contributed by atoms with Crippen LogP contribution in [0.3, 0.4) is 0 Å². The van der Waals surface area contributed by atoms with E-state index in [2.05, 4.69) is 17.5 Å². The molecule has 228 valence electrons. The number of rotatable bonds is 9. The molecule has 45 heavy (non-hydrogen) atoms. The van der Waals surface area contributed by atoms with Gasteiger partial charge in [-0.3, -0.25) is 14.4 Å². The number of fused-ring (bicyclic) bond motifs is 2. The van der Waals surface area contributed by atoms with E-state index in [4.69, 9.17) is 9.84 Å². The lowest BCUT2D eigenvalue weighted by molar-refractivity contribution is -0.130. The lowest BCUT2D eigenvalue weighted by Crippen LogP contribution is -2.53. The van der Waals surface area contributed by atoms with Crippen molar-refractivity contribution in [3.63, 3.8) is 0 Å². The van der Waals surface area contributed by atoms with E-state index in [-0.39, 0.29) is 43.8 Å². The Morgan fingerprint density at radius 3 is 2.53 bits per heavy atom. The number of benzene rings is 3. The number of nitrogens with zero attached hydrogens (tertiary/aromatic N) is 6. The van der Waals surface area contributed by atoms with Crippen LogP contribution in [0.15, 0.2) is 66.7 Å². The maximum Gasteiger partial charge on any atom is 0.251 e. The van der Waals surface area contributed by atoms with Gasteiger partial charge >= 0.3 is 0 Å². The van der Waals surface area contributed by atoms with Gasteiger partial charge in [-0.05, 0) is 42.8 Å². The lowest BCUT2D eigenvalue weighted by Gasteiger charge is -2.26. The molecular weight excluding hydrogens is 570 g/mol. The topological polar surface area (TPSA) is 144 Å². The van der Waals surface area contributed by atoms with Crippen molar-refractivity contribution in [1.82, 2.24) is 15.1 Å². The van der Waals surface area contributed by atoms with Gasteiger partial charge in [0.1, 0.15) is 12.1 Å². The number of para-hydroxylation sites is 2. The van der Waals surface area contributed by atoms with Crippen LogP contribution in [0.4, 0.5) is 11.4 Å². The van der Waals surface area contributed by atoms with Gasteiger partial charge in [0, 0.05) is 18.4 Å². The van der Waals surface area contributed by atoms with Crippen molar-refractivity contribution < 1.29 is 19.1 Å². The minimum Gasteiger partial charge on any atom is -0.384 e. The standard InChI is InChI=1S/C34H33N7O4/c1-4-22(2)33(43)37-27-21-39(32(42)15-16-45-3)31-17-23(18-35)13-14-30(31)40(34(27)44)20-26-25-10-6-8-12-29(25)41(38-26)28-11-7-5-9-24(28)19-36/h5-14,17,22,27H,4,15-16,20-21H2,1-3H3,(H,37,43)/t22-,27+/m1/s1. The number of anilines is 2. The highest BCUT2D eigenvalue weighted by molar-refractivity contribution is 6.08. The second-order valence-corrected chi connectivity index (χ2v) is 10.9. The van der Waals surface area contributed by atoms with Gasteiger partial charge in [0.15, 0.2) is 0 Å². The van der Waals surface area contributed by atoms with E-state index in [1.54, 1.807) is 41.9 Å². The van der Waals surface area contributed by atoms with Gasteiger partial charge in [-0.15, -0.1) is 0 Å². The van der Waals surface area contributed by atoms with Gasteiger partial charge < -0.3 is 19.9 Å². The Morgan fingerprint density at radius 2 is 1.80 bits per heavy atom. The predicted octanol–water partition coefficient (Wildman–Crippen LogP) is 4.22. The zero-order chi connectivity index (χ0) is 32.1. The van der Waals surface area contributed by atoms with Crippen LogP contribution in [0.25, 0.3) is 16.6 Å². The van der Waals surface area contributed by atoms with Crippen LogP contribution in [-0.2, 0) is 25.7 Å². The number of ether oxygens (including phenoxy) is 1. The van der Waals surface area contributed by atoms with Crippen molar-refractivity contribution in [2.24, 2.45) is 5.92 Å². The monoisotopic (exact) mass is 603 g/mol. The lowest BCUT2D eigenvalue weighted by atomic mass is 10.1. The molecule has 2 atom stereocenters. The van der Waals surface area contributed by atoms with Crippen LogP contribution in [0, 0.1) is 28.6 Å². The molecule has 11 heteroatoms. The molecule has 0 unspecified atom stereocenters. The first-order chi connectivity index (χ1) is 21.8. The number of amides is 3. The molecule has 0 spiro atoms. The molecule has 0 fully saturated rings. The van der Waals surface area contributed by atoms with Gasteiger partial charge in [0.05, 0.1) is 71.6 Å². The molecule has 11 nitrogen and oxygen atoms in total. The Hall–Kier alpha value is -5.52. The SMILES string of the molecule is CC[C@@H](C)C(=O)N[C@H]1CN(C(=O)CCOC)c2cc(C#N)ccc2N(Cc2nn(-c3ccccc3C#N)c3ccccc23)C1=O. The molecular formula is C34H33N7O4. The van der Waals surface area contributed by atoms with Crippen molar-refractivity contribution in [1.29, 1.82) is 10.5 Å². The third kappa shape index (κ3) is 6.12. The van der Waals surface area contributed by atoms with Crippen LogP contribution in [0.5, 0.6) is 0 Å². The largest absolute Gasteiger partial charge is 0.384 e. The van der Waals surface area contributed by atoms with Crippen molar-refractivity contribution >= 4 is 40.0 Å². The van der Waals surface area contributed by atoms with Crippen LogP contribution >= 0.6 is 0 Å². The maximum atomic E-state index is 14.4. The third-order valence-corrected chi connectivity index (χ3v) is 8.04. The molecule has 0 aliphatic carbocycles. The molecule has 1 aliphatic heterocycles. The van der Waals surface area contributed by atoms with E-state index >= 15 is 0 Å². The number of nitrogens with one attached hydrogen (secondary N) is 1. The van der Waals surface area contributed by atoms with Crippen molar-refractivity contribution in [3.05, 3.63) is 83.6 Å². The van der Waals surface area contributed by atoms with E-state index in [9.17, 15) is 24.9 Å². The fourth-order valence-electron chi connectivity index (χ4n) is 5.37. The molecule has 5 rings (SSSR count). The van der Waals surface area contributed by atoms with Crippen LogP contribution < -0.4 is 15.1 Å². The molecule has 3 amide bonds. The minimum absolute atomic E-state index is 0.00420. The molecule has 1 aromatic heterocycles. The quantitative estimate of drug-likeness (QED) is 0.302. The number of hydrogen-bond donors (Lipinski definition) is 1. The van der Waals surface area contributed by atoms with E-state index < -0.39 is 11.9 Å². The average molecular weight is 604 g/mol. The van der Waals surface area contributed by atoms with Gasteiger partial charge in [0.25, 0.3) is 5.91 Å². The van der Waals surface area contributed by atoms with Gasteiger partial charge in [-0.25, -0.2) is 4.68 Å². The van der Waals surface area contributed by atoms with Crippen LogP contribution in [-0.4, -0.2) is 53.8 Å². The number of aromatic nitrogens is 2. The van der Waals surface area contributed by atoms with E-state index in [0.717, 1.165) is 10.9 Å². The molecule has 4 aromatic rings. The van der Waals surface area contributed by atoms with E-state index in [1.807, 2.05) is 43.3 Å². The summed E-state index contributed by atoms with van der Waals surface area (Å²) < 4.78 is 6.83. The van der Waals surface area contributed by atoms with Gasteiger partial charge in [-0.2, -0.15) is 15.6 Å². The Kier molecular flexibility index (Phi) is 9.22. The number of nitriles is 2. The molecule has 0 saturated carbocycles. The highest BCUT2D eigenvalue weighted by Gasteiger charge is 2.38. The second-order valence-electron chi connectivity index (χ2n) is 10.9. The van der Waals surface area contributed by atoms with Crippen molar-refractivity contribution in [2.75, 3.05) is 30.1 Å². The Balaban J connectivity index is 1.66. The zero-order valence-electron chi connectivity index (χ0n) is 25.4. The third-order valence-electron chi connectivity index (χ3n) is 8.04. The number of methoxy groups -OCH3 is 1. The first kappa shape index (κ1) is 30.9. The summed E-state index contributed by atoms with van der Waals surface area (Å²) in [6, 6.07) is 22.8. The number of hydrogen-bond acceptors (Lipinski definition) is 7. The molecule has 0 saturated heterocycles. The van der Waals surface area contributed by atoms with Gasteiger partial charge in [-0.1, -0.05) is 44.2 Å². The molecule has 0 bridgehead atoms. The molecule has 3 aromatic carbocycles. The zero-order valence-corrected chi connectivity index (χ0v) is 25.4. The summed E-state index contributed by atoms with van der Waals surface area (Å²) in [6.07, 6.45) is 0.618. The Bertz CT molecular complexity index is 1850. The molecule has 1 aliphatic rings. The van der Waals surface area contributed by atoms with Crippen LogP contribution in [0.2, 0.25) is 0 Å². The number of carbonyl (C=O) groups is 3. The van der Waals surface area contributed by atoms with Gasteiger partial charge in [0.2, 0.25) is 11.8 Å². The summed E-state index contributed by atoms with van der Waals surface area (Å²) in [5, 5.41) is 28.0. The second kappa shape index (κ2) is 13.4. The summed E-state index contributed by atoms with van der Waals surface area (Å²) >= 11 is 0. The van der Waals surface area contributed by atoms with Crippen LogP contribution in [0.1, 0.15) is 43.5 Å². The summed E-state index contributed by atoms with van der Waals surface area (Å²) in [7, 11) is 1.50. The first-order valence-corrected chi connectivity index (χ1v) is 14.7. The highest BCUT2D eigenvalue weighted by atomic mass is 16.5. The van der Waals surface area contributed by atoms with Crippen molar-refractivity contribution in [3.8, 4) is 17.8 Å². The Labute approximate surface area is 261 Å². The van der Waals surface area contributed by atoms with E-state index in [1.165, 1.54) is 16.9 Å². The molecule has 0 radical (unpaired) electrons. The summed E-state index contributed by atoms with van der Waals surface area (Å²) in [5.41, 5.74) is 3.43. The van der Waals surface area contributed by atoms with E-state index in [0.29, 0.717) is 40.3 Å². The Morgan fingerprint density at radius 1 is 1.04 bits per heavy atom.